The van der Waals surface area contributed by atoms with Crippen LogP contribution in [0.25, 0.3) is 0 Å². The van der Waals surface area contributed by atoms with Crippen LogP contribution in [0.4, 0.5) is 0 Å². The Morgan fingerprint density at radius 1 is 0.324 bits per heavy atom. The van der Waals surface area contributed by atoms with Crippen LogP contribution in [0, 0.1) is 0 Å². The maximum atomic E-state index is 12.9. The van der Waals surface area contributed by atoms with E-state index in [4.69, 9.17) is 14.2 Å². The Morgan fingerprint density at radius 2 is 0.618 bits per heavy atom. The topological polar surface area (TPSA) is 78.9 Å². The Morgan fingerprint density at radius 3 is 1.06 bits per heavy atom. The van der Waals surface area contributed by atoms with Crippen LogP contribution in [0.2, 0.25) is 0 Å². The van der Waals surface area contributed by atoms with E-state index in [0.29, 0.717) is 19.3 Å². The summed E-state index contributed by atoms with van der Waals surface area (Å²) in [4.78, 5) is 38.1. The van der Waals surface area contributed by atoms with Gasteiger partial charge in [-0.25, -0.2) is 0 Å². The lowest BCUT2D eigenvalue weighted by molar-refractivity contribution is -0.167. The SMILES string of the molecule is CC/C=C\C/C=C\C/C=C\CCCCC(=O)OCC(COC(=O)CCCCCCCCCCCC/C=C\C=C/CCCCC)OC(=O)CCCCCCCCC/C=C\CCCCCCCCCC. The normalized spacial score (nSPS) is 12.6. The zero-order valence-corrected chi connectivity index (χ0v) is 44.9. The van der Waals surface area contributed by atoms with E-state index < -0.39 is 6.10 Å². The number of ether oxygens (including phenoxy) is 3. The lowest BCUT2D eigenvalue weighted by Gasteiger charge is -2.18. The lowest BCUT2D eigenvalue weighted by atomic mass is 10.1. The Hall–Kier alpha value is -3.15. The highest BCUT2D eigenvalue weighted by molar-refractivity contribution is 5.71. The minimum atomic E-state index is -0.794. The van der Waals surface area contributed by atoms with Crippen molar-refractivity contribution in [1.82, 2.24) is 0 Å². The molecule has 0 aromatic rings. The summed E-state index contributed by atoms with van der Waals surface area (Å²) >= 11 is 0. The molecule has 0 heterocycles. The van der Waals surface area contributed by atoms with Gasteiger partial charge in [0.15, 0.2) is 6.10 Å². The van der Waals surface area contributed by atoms with Gasteiger partial charge in [0.05, 0.1) is 0 Å². The highest BCUT2D eigenvalue weighted by atomic mass is 16.6. The van der Waals surface area contributed by atoms with Gasteiger partial charge in [0.1, 0.15) is 13.2 Å². The highest BCUT2D eigenvalue weighted by Gasteiger charge is 2.19. The highest BCUT2D eigenvalue weighted by Crippen LogP contribution is 2.15. The van der Waals surface area contributed by atoms with Gasteiger partial charge in [0.25, 0.3) is 0 Å². The van der Waals surface area contributed by atoms with E-state index in [0.717, 1.165) is 77.0 Å². The first-order valence-corrected chi connectivity index (χ1v) is 29.0. The van der Waals surface area contributed by atoms with Crippen LogP contribution in [0.3, 0.4) is 0 Å². The Balaban J connectivity index is 4.37. The van der Waals surface area contributed by atoms with Gasteiger partial charge in [0, 0.05) is 19.3 Å². The molecule has 1 atom stereocenters. The maximum Gasteiger partial charge on any atom is 0.306 e. The summed E-state index contributed by atoms with van der Waals surface area (Å²) in [5, 5.41) is 0. The first-order valence-electron chi connectivity index (χ1n) is 29.0. The number of hydrogen-bond acceptors (Lipinski definition) is 6. The zero-order valence-electron chi connectivity index (χ0n) is 44.9. The van der Waals surface area contributed by atoms with Crippen LogP contribution >= 0.6 is 0 Å². The second-order valence-corrected chi connectivity index (χ2v) is 19.2. The van der Waals surface area contributed by atoms with Crippen LogP contribution in [-0.4, -0.2) is 37.2 Å². The molecule has 0 radical (unpaired) electrons. The van der Waals surface area contributed by atoms with Crippen molar-refractivity contribution in [3.05, 3.63) is 72.9 Å². The maximum absolute atomic E-state index is 12.9. The average molecular weight is 950 g/mol. The minimum Gasteiger partial charge on any atom is -0.462 e. The largest absolute Gasteiger partial charge is 0.462 e. The van der Waals surface area contributed by atoms with Gasteiger partial charge in [-0.15, -0.1) is 0 Å². The fraction of sp³-hybridized carbons (Fsp3) is 0.758. The Kier molecular flexibility index (Phi) is 53.8. The molecule has 0 aliphatic carbocycles. The molecule has 0 aliphatic rings. The first kappa shape index (κ1) is 64.8. The van der Waals surface area contributed by atoms with E-state index >= 15 is 0 Å². The van der Waals surface area contributed by atoms with Crippen LogP contribution in [0.1, 0.15) is 284 Å². The van der Waals surface area contributed by atoms with E-state index in [1.54, 1.807) is 0 Å². The molecular weight excluding hydrogens is 841 g/mol. The Bertz CT molecular complexity index is 1270. The summed E-state index contributed by atoms with van der Waals surface area (Å²) in [6, 6.07) is 0. The van der Waals surface area contributed by atoms with Gasteiger partial charge in [-0.2, -0.15) is 0 Å². The van der Waals surface area contributed by atoms with E-state index in [2.05, 4.69) is 93.7 Å². The number of allylic oxidation sites excluding steroid dienone is 12. The molecule has 0 saturated heterocycles. The van der Waals surface area contributed by atoms with E-state index in [1.165, 1.54) is 167 Å². The predicted octanol–water partition coefficient (Wildman–Crippen LogP) is 19.4. The van der Waals surface area contributed by atoms with Gasteiger partial charge in [0.2, 0.25) is 0 Å². The summed E-state index contributed by atoms with van der Waals surface area (Å²) in [7, 11) is 0. The molecule has 1 unspecified atom stereocenters. The molecule has 0 amide bonds. The molecule has 0 aliphatic heterocycles. The third kappa shape index (κ3) is 53.8. The van der Waals surface area contributed by atoms with Crippen molar-refractivity contribution >= 4 is 17.9 Å². The third-order valence-corrected chi connectivity index (χ3v) is 12.4. The summed E-state index contributed by atoms with van der Waals surface area (Å²) in [5.41, 5.74) is 0. The number of unbranched alkanes of at least 4 members (excludes halogenated alkanes) is 30. The molecule has 0 saturated carbocycles. The monoisotopic (exact) mass is 949 g/mol. The van der Waals surface area contributed by atoms with Gasteiger partial charge in [-0.05, 0) is 103 Å². The standard InChI is InChI=1S/C62H108O6/c1-4-7-10-13-16-19-22-25-27-29-31-33-35-37-40-43-46-49-52-55-61(64)67-58-59(57-66-60(63)54-51-48-45-42-39-24-21-18-15-12-9-6-3)68-62(65)56-53-50-47-44-41-38-36-34-32-30-28-26-23-20-17-14-11-8-5-2/h9,12,16,18-19,21-22,25,30,32,39,42,59H,4-8,10-11,13-15,17,20,23-24,26-29,31,33-38,40-41,43-58H2,1-3H3/b12-9-,19-16-,21-18-,25-22-,32-30-,42-39-. The average Bonchev–Trinajstić information content (AvgIpc) is 3.34. The first-order chi connectivity index (χ1) is 33.5. The van der Waals surface area contributed by atoms with Crippen LogP contribution in [0.5, 0.6) is 0 Å². The molecule has 0 aromatic carbocycles. The lowest BCUT2D eigenvalue weighted by Crippen LogP contribution is -2.30. The second-order valence-electron chi connectivity index (χ2n) is 19.2. The molecule has 0 aromatic heterocycles. The number of hydrogen-bond donors (Lipinski definition) is 0. The van der Waals surface area contributed by atoms with Crippen molar-refractivity contribution in [2.75, 3.05) is 13.2 Å². The Labute approximate surface area is 421 Å². The van der Waals surface area contributed by atoms with Crippen molar-refractivity contribution in [2.45, 2.75) is 290 Å². The van der Waals surface area contributed by atoms with Gasteiger partial charge in [-0.1, -0.05) is 235 Å². The smallest absolute Gasteiger partial charge is 0.306 e. The molecule has 392 valence electrons. The van der Waals surface area contributed by atoms with E-state index in [-0.39, 0.29) is 31.1 Å². The molecule has 0 rings (SSSR count). The van der Waals surface area contributed by atoms with Crippen molar-refractivity contribution in [3.8, 4) is 0 Å². The van der Waals surface area contributed by atoms with Crippen LogP contribution in [0.15, 0.2) is 72.9 Å². The van der Waals surface area contributed by atoms with Crippen molar-refractivity contribution in [1.29, 1.82) is 0 Å². The van der Waals surface area contributed by atoms with Crippen molar-refractivity contribution in [3.63, 3.8) is 0 Å². The fourth-order valence-corrected chi connectivity index (χ4v) is 8.09. The predicted molar refractivity (Wildman–Crippen MR) is 293 cm³/mol. The molecule has 0 bridgehead atoms. The fourth-order valence-electron chi connectivity index (χ4n) is 8.09. The molecule has 6 heteroatoms. The van der Waals surface area contributed by atoms with Crippen molar-refractivity contribution < 1.29 is 28.6 Å². The van der Waals surface area contributed by atoms with E-state index in [1.807, 2.05) is 0 Å². The molecule has 68 heavy (non-hydrogen) atoms. The summed E-state index contributed by atoms with van der Waals surface area (Å²) < 4.78 is 16.8. The molecule has 0 spiro atoms. The summed E-state index contributed by atoms with van der Waals surface area (Å²) in [6.45, 7) is 6.47. The molecular formula is C62H108O6. The van der Waals surface area contributed by atoms with Gasteiger partial charge in [-0.3, -0.25) is 14.4 Å². The number of esters is 3. The van der Waals surface area contributed by atoms with Gasteiger partial charge < -0.3 is 14.2 Å². The molecule has 0 fully saturated rings. The van der Waals surface area contributed by atoms with Crippen molar-refractivity contribution in [2.24, 2.45) is 0 Å². The number of rotatable bonds is 52. The minimum absolute atomic E-state index is 0.0904. The quantitative estimate of drug-likeness (QED) is 0.0199. The van der Waals surface area contributed by atoms with Gasteiger partial charge >= 0.3 is 17.9 Å². The molecule has 0 N–H and O–H groups in total. The zero-order chi connectivity index (χ0) is 49.3. The number of carbonyl (C=O) groups is 3. The number of carbonyl (C=O) groups excluding carboxylic acids is 3. The molecule has 6 nitrogen and oxygen atoms in total. The van der Waals surface area contributed by atoms with Crippen LogP contribution < -0.4 is 0 Å². The summed E-state index contributed by atoms with van der Waals surface area (Å²) in [6.07, 6.45) is 71.8. The van der Waals surface area contributed by atoms with E-state index in [9.17, 15) is 14.4 Å². The van der Waals surface area contributed by atoms with Crippen LogP contribution in [-0.2, 0) is 28.6 Å². The third-order valence-electron chi connectivity index (χ3n) is 12.4. The second kappa shape index (κ2) is 56.4. The summed E-state index contributed by atoms with van der Waals surface area (Å²) in [5.74, 6) is -0.931.